The largest absolute Gasteiger partial charge is 0.0596 e. The minimum absolute atomic E-state index is 0.746. The van der Waals surface area contributed by atoms with Crippen molar-refractivity contribution >= 4 is 0 Å². The smallest absolute Gasteiger partial charge is 0.0145 e. The highest BCUT2D eigenvalue weighted by Crippen LogP contribution is 3.30. The van der Waals surface area contributed by atoms with Crippen LogP contribution in [0.1, 0.15) is 158 Å². The monoisotopic (exact) mass is 542 g/mol. The Morgan fingerprint density at radius 1 is 0.325 bits per heavy atom. The van der Waals surface area contributed by atoms with E-state index in [9.17, 15) is 0 Å². The molecule has 222 valence electrons. The van der Waals surface area contributed by atoms with Crippen LogP contribution in [0.3, 0.4) is 0 Å². The summed E-state index contributed by atoms with van der Waals surface area (Å²) < 4.78 is 0. The lowest BCUT2D eigenvalue weighted by molar-refractivity contribution is -0.410. The van der Waals surface area contributed by atoms with E-state index in [1.807, 2.05) is 0 Å². The summed E-state index contributed by atoms with van der Waals surface area (Å²) in [6.07, 6.45) is 24.1. The van der Waals surface area contributed by atoms with Gasteiger partial charge in [-0.3, -0.25) is 0 Å². The standard InChI is InChI=1S/C12H12.C11H20.C10H18.C7H12/c1-9-3-5-10(2)6-4(9)12(6)7(9)11(3,5)8(10)12;1-10-4-3-5-11(2,8-6-10)9-7-10;1-9-3-6-10(2,7-4-9)8-5-9;1-6-3-7(2,4-6)5-6/h3-8H,1-2H3;3-9H2,1-2H3;3-8H2,1-2H3;3-5H2,1-2H3. The third kappa shape index (κ3) is 2.34. The van der Waals surface area contributed by atoms with Gasteiger partial charge in [-0.05, 0) is 186 Å². The van der Waals surface area contributed by atoms with Gasteiger partial charge in [0.25, 0.3) is 0 Å². The molecule has 0 aromatic heterocycles. The second-order valence-corrected chi connectivity index (χ2v) is 22.3. The Morgan fingerprint density at radius 2 is 0.575 bits per heavy atom. The van der Waals surface area contributed by atoms with E-state index in [0.717, 1.165) is 54.1 Å². The highest BCUT2D eigenvalue weighted by molar-refractivity contribution is 5.73. The summed E-state index contributed by atoms with van der Waals surface area (Å²) in [5.41, 5.74) is 8.69. The number of hydrogen-bond acceptors (Lipinski definition) is 0. The maximum absolute atomic E-state index is 2.64. The molecule has 16 aliphatic carbocycles. The SMILES string of the molecule is CC12C3C4C5(C)C6C1C61C2C34C51.CC12CC(C)(C1)C2.CC12CCC(C)(CC1)CC2.CC12CCCC(C)(CC1)CC2. The van der Waals surface area contributed by atoms with Crippen LogP contribution in [0.25, 0.3) is 0 Å². The normalized spacial score (nSPS) is 74.4. The molecule has 0 N–H and O–H groups in total. The van der Waals surface area contributed by atoms with Crippen molar-refractivity contribution in [3.05, 3.63) is 0 Å². The first kappa shape index (κ1) is 25.3. The van der Waals surface area contributed by atoms with E-state index in [-0.39, 0.29) is 0 Å². The van der Waals surface area contributed by atoms with Crippen LogP contribution < -0.4 is 0 Å². The number of fused-ring (bicyclic) bond motifs is 13. The summed E-state index contributed by atoms with van der Waals surface area (Å²) in [6, 6.07) is 0. The van der Waals surface area contributed by atoms with Crippen molar-refractivity contribution in [1.82, 2.24) is 0 Å². The summed E-state index contributed by atoms with van der Waals surface area (Å²) in [7, 11) is 0. The van der Waals surface area contributed by atoms with Crippen LogP contribution in [0.15, 0.2) is 0 Å². The van der Waals surface area contributed by atoms with Crippen LogP contribution in [-0.4, -0.2) is 0 Å². The average molecular weight is 543 g/mol. The van der Waals surface area contributed by atoms with Gasteiger partial charge < -0.3 is 0 Å². The maximum Gasteiger partial charge on any atom is -0.0145 e. The van der Waals surface area contributed by atoms with Gasteiger partial charge in [0, 0.05) is 0 Å². The van der Waals surface area contributed by atoms with Crippen LogP contribution in [0.4, 0.5) is 0 Å². The van der Waals surface area contributed by atoms with E-state index < -0.39 is 0 Å². The zero-order valence-electron chi connectivity index (χ0n) is 27.8. The van der Waals surface area contributed by atoms with Crippen molar-refractivity contribution in [1.29, 1.82) is 0 Å². The summed E-state index contributed by atoms with van der Waals surface area (Å²) in [6.45, 7) is 20.0. The van der Waals surface area contributed by atoms with Crippen molar-refractivity contribution in [2.24, 2.45) is 89.7 Å². The Kier molecular flexibility index (Phi) is 4.04. The summed E-state index contributed by atoms with van der Waals surface area (Å²) in [5, 5.41) is 0. The Labute approximate surface area is 247 Å². The molecule has 0 saturated heterocycles. The summed E-state index contributed by atoms with van der Waals surface area (Å²) in [4.78, 5) is 0. The van der Waals surface area contributed by atoms with Crippen molar-refractivity contribution in [2.75, 3.05) is 0 Å². The zero-order valence-corrected chi connectivity index (χ0v) is 27.8. The van der Waals surface area contributed by atoms with E-state index in [4.69, 9.17) is 0 Å². The molecule has 0 aromatic carbocycles. The summed E-state index contributed by atoms with van der Waals surface area (Å²) >= 11 is 0. The number of rotatable bonds is 0. The Morgan fingerprint density at radius 3 is 0.800 bits per heavy atom. The maximum atomic E-state index is 2.64. The topological polar surface area (TPSA) is 0 Å². The minimum Gasteiger partial charge on any atom is -0.0596 e. The van der Waals surface area contributed by atoms with Gasteiger partial charge in [0.15, 0.2) is 0 Å². The lowest BCUT2D eigenvalue weighted by Gasteiger charge is -2.86. The molecule has 0 radical (unpaired) electrons. The Bertz CT molecular complexity index is 1040. The Balaban J connectivity index is 0.0000000742. The average Bonchev–Trinajstić information content (AvgIpc) is 3.75. The molecule has 0 amide bonds. The van der Waals surface area contributed by atoms with Crippen molar-refractivity contribution < 1.29 is 0 Å². The molecule has 0 aromatic rings. The van der Waals surface area contributed by atoms with Crippen molar-refractivity contribution in [2.45, 2.75) is 158 Å². The van der Waals surface area contributed by atoms with Gasteiger partial charge in [0.1, 0.15) is 0 Å². The Hall–Kier alpha value is 0. The second kappa shape index (κ2) is 6.37. The van der Waals surface area contributed by atoms with E-state index in [1.54, 1.807) is 0 Å². The van der Waals surface area contributed by atoms with Crippen LogP contribution in [0.5, 0.6) is 0 Å². The van der Waals surface area contributed by atoms with Gasteiger partial charge in [0.2, 0.25) is 0 Å². The molecular weight excluding hydrogens is 480 g/mol. The zero-order chi connectivity index (χ0) is 27.8. The van der Waals surface area contributed by atoms with Crippen molar-refractivity contribution in [3.8, 4) is 0 Å². The van der Waals surface area contributed by atoms with Gasteiger partial charge in [-0.15, -0.1) is 0 Å². The number of hydrogen-bond donors (Lipinski definition) is 0. The first-order valence-corrected chi connectivity index (χ1v) is 18.6. The van der Waals surface area contributed by atoms with Crippen LogP contribution in [0.2, 0.25) is 0 Å². The van der Waals surface area contributed by atoms with Gasteiger partial charge in [-0.1, -0.05) is 61.8 Å². The summed E-state index contributed by atoms with van der Waals surface area (Å²) in [5.74, 6) is 7.70. The molecule has 4 atom stereocenters. The first-order valence-electron chi connectivity index (χ1n) is 18.6. The van der Waals surface area contributed by atoms with Gasteiger partial charge in [-0.25, -0.2) is 0 Å². The molecule has 0 aliphatic heterocycles. The molecular formula is C40H62. The quantitative estimate of drug-likeness (QED) is 0.285. The fourth-order valence-electron chi connectivity index (χ4n) is 18.3. The molecule has 0 heteroatoms. The van der Waals surface area contributed by atoms with E-state index in [2.05, 4.69) is 55.4 Å². The predicted octanol–water partition coefficient (Wildman–Crippen LogP) is 11.1. The predicted molar refractivity (Wildman–Crippen MR) is 165 cm³/mol. The second-order valence-electron chi connectivity index (χ2n) is 22.3. The first-order chi connectivity index (χ1) is 18.6. The molecule has 0 heterocycles. The molecule has 6 bridgehead atoms. The lowest BCUT2D eigenvalue weighted by atomic mass is 9.17. The van der Waals surface area contributed by atoms with Crippen LogP contribution in [-0.2, 0) is 0 Å². The lowest BCUT2D eigenvalue weighted by Crippen LogP contribution is -2.84. The molecule has 2 spiro atoms. The van der Waals surface area contributed by atoms with Gasteiger partial charge in [-0.2, -0.15) is 0 Å². The fourth-order valence-corrected chi connectivity index (χ4v) is 18.3. The van der Waals surface area contributed by atoms with Gasteiger partial charge in [0.05, 0.1) is 0 Å². The van der Waals surface area contributed by atoms with E-state index >= 15 is 0 Å². The van der Waals surface area contributed by atoms with Crippen molar-refractivity contribution in [3.63, 3.8) is 0 Å². The highest BCUT2D eigenvalue weighted by Gasteiger charge is 3.28. The fraction of sp³-hybridized carbons (Fsp3) is 1.00. The van der Waals surface area contributed by atoms with Gasteiger partial charge >= 0.3 is 0 Å². The molecule has 4 unspecified atom stereocenters. The van der Waals surface area contributed by atoms with Crippen LogP contribution in [0, 0.1) is 89.7 Å². The highest BCUT2D eigenvalue weighted by atomic mass is 15.3. The third-order valence-electron chi connectivity index (χ3n) is 19.3. The minimum atomic E-state index is 0.746. The van der Waals surface area contributed by atoms with E-state index in [0.29, 0.717) is 0 Å². The molecule has 16 rings (SSSR count). The molecule has 0 nitrogen and oxygen atoms in total. The molecule has 16 fully saturated rings. The molecule has 16 saturated carbocycles. The third-order valence-corrected chi connectivity index (χ3v) is 19.3. The molecule has 40 heavy (non-hydrogen) atoms. The van der Waals surface area contributed by atoms with Crippen LogP contribution >= 0.6 is 0 Å². The molecule has 16 aliphatic rings. The van der Waals surface area contributed by atoms with E-state index in [1.165, 1.54) is 138 Å².